The Morgan fingerprint density at radius 3 is 2.51 bits per heavy atom. The third kappa shape index (κ3) is 10.5. The summed E-state index contributed by atoms with van der Waals surface area (Å²) < 4.78 is 19.9. The summed E-state index contributed by atoms with van der Waals surface area (Å²) in [6, 6.07) is 1.31. The third-order valence-electron chi connectivity index (χ3n) is 5.96. The van der Waals surface area contributed by atoms with Crippen LogP contribution in [0.15, 0.2) is 39.2 Å². The van der Waals surface area contributed by atoms with Crippen LogP contribution in [-0.2, 0) is 43.0 Å². The van der Waals surface area contributed by atoms with Crippen molar-refractivity contribution in [3.8, 4) is 0 Å². The number of primary amides is 1. The van der Waals surface area contributed by atoms with Gasteiger partial charge in [-0.15, -0.1) is 11.8 Å². The highest BCUT2D eigenvalue weighted by Crippen LogP contribution is 2.41. The minimum Gasteiger partial charge on any atom is -0.480 e. The Labute approximate surface area is 261 Å². The van der Waals surface area contributed by atoms with Crippen molar-refractivity contribution in [1.82, 2.24) is 10.2 Å². The van der Waals surface area contributed by atoms with E-state index >= 15 is 0 Å². The first-order valence-corrected chi connectivity index (χ1v) is 14.5. The van der Waals surface area contributed by atoms with E-state index in [9.17, 15) is 28.8 Å². The van der Waals surface area contributed by atoms with Crippen molar-refractivity contribution in [3.63, 3.8) is 0 Å². The smallest absolute Gasteiger partial charge is 0.404 e. The zero-order chi connectivity index (χ0) is 33.7. The molecule has 1 fully saturated rings. The van der Waals surface area contributed by atoms with E-state index < -0.39 is 59.6 Å². The van der Waals surface area contributed by atoms with Crippen LogP contribution >= 0.6 is 11.8 Å². The average molecular weight is 657 g/mol. The molecule has 0 aromatic carbocycles. The van der Waals surface area contributed by atoms with E-state index in [1.165, 1.54) is 38.1 Å². The van der Waals surface area contributed by atoms with Crippen LogP contribution in [0.2, 0.25) is 0 Å². The van der Waals surface area contributed by atoms with Crippen LogP contribution in [0.1, 0.15) is 38.9 Å². The molecule has 0 spiro atoms. The van der Waals surface area contributed by atoms with Crippen molar-refractivity contribution in [1.29, 1.82) is 0 Å². The molecule has 1 aromatic rings. The Morgan fingerprint density at radius 2 is 1.96 bits per heavy atom. The molecule has 45 heavy (non-hydrogen) atoms. The number of thioether (sulfide) groups is 1. The molecule has 3 amide bonds. The lowest BCUT2D eigenvalue weighted by Crippen LogP contribution is -2.71. The summed E-state index contributed by atoms with van der Waals surface area (Å²) in [5, 5.41) is 13.9. The number of nitrogens with zero attached hydrogens (tertiary/aromatic N) is 2. The number of aliphatic carboxylic acids is 1. The zero-order valence-electron chi connectivity index (χ0n) is 24.8. The maximum absolute atomic E-state index is 13.0. The molecule has 4 atom stereocenters. The number of furan rings is 1. The van der Waals surface area contributed by atoms with Crippen LogP contribution in [0.4, 0.5) is 4.79 Å². The number of esters is 2. The number of β-lactam (4-membered cyclic amide) rings is 1. The fourth-order valence-electron chi connectivity index (χ4n) is 3.95. The molecule has 2 unspecified atom stereocenters. The van der Waals surface area contributed by atoms with Gasteiger partial charge in [-0.3, -0.25) is 24.1 Å². The molecule has 0 radical (unpaired) electrons. The van der Waals surface area contributed by atoms with Gasteiger partial charge in [-0.1, -0.05) is 11.6 Å². The maximum Gasteiger partial charge on any atom is 0.404 e. The first-order chi connectivity index (χ1) is 21.3. The van der Waals surface area contributed by atoms with Gasteiger partial charge in [-0.2, -0.15) is 0 Å². The van der Waals surface area contributed by atoms with Gasteiger partial charge in [-0.25, -0.2) is 9.59 Å². The molecule has 3 rings (SSSR count). The van der Waals surface area contributed by atoms with Gasteiger partial charge >= 0.3 is 24.0 Å². The molecule has 0 saturated carbocycles. The highest BCUT2D eigenvalue weighted by Gasteiger charge is 2.55. The maximum atomic E-state index is 13.0. The summed E-state index contributed by atoms with van der Waals surface area (Å²) in [6.07, 6.45) is 1.19. The van der Waals surface area contributed by atoms with E-state index in [2.05, 4.69) is 10.5 Å². The van der Waals surface area contributed by atoms with Crippen LogP contribution in [0.25, 0.3) is 0 Å². The predicted molar refractivity (Wildman–Crippen MR) is 156 cm³/mol. The van der Waals surface area contributed by atoms with Crippen LogP contribution in [0, 0.1) is 0 Å². The minimum absolute atomic E-state index is 0.124. The van der Waals surface area contributed by atoms with Gasteiger partial charge in [0.15, 0.2) is 5.76 Å². The summed E-state index contributed by atoms with van der Waals surface area (Å²) in [5.41, 5.74) is 15.3. The SMILES string of the molecule is CO/N=C(/C(=O)N[C@@H]1C(=O)N2C(C(=O)OC(C)OC(C)=O)=C(COC(N)=O)CS[C@H]12)c1ccco1.NCCCCC(N)C(=O)O. The van der Waals surface area contributed by atoms with Crippen molar-refractivity contribution in [3.05, 3.63) is 35.4 Å². The van der Waals surface area contributed by atoms with Gasteiger partial charge in [0.2, 0.25) is 12.0 Å². The summed E-state index contributed by atoms with van der Waals surface area (Å²) in [6.45, 7) is 2.69. The van der Waals surface area contributed by atoms with Crippen LogP contribution < -0.4 is 22.5 Å². The fraction of sp³-hybridized carbons (Fsp3) is 0.500. The number of oxime groups is 1. The molecular weight excluding hydrogens is 620 g/mol. The molecule has 18 nitrogen and oxygen atoms in total. The molecule has 2 aliphatic rings. The van der Waals surface area contributed by atoms with Crippen LogP contribution in [-0.4, -0.2) is 101 Å². The molecule has 19 heteroatoms. The standard InChI is InChI=1S/C20H22N4O10S.C6H14N2O2/c1-9(25)33-10(2)34-19(28)15-11(7-32-20(21)29)8-35-18-14(17(27)24(15)18)22-16(26)13(23-30-3)12-5-4-6-31-12;7-4-2-1-3-5(8)6(9)10/h4-6,10,14,18H,7-8H2,1-3H3,(H2,21,29)(H,22,26);5H,1-4,7-8H2,(H,9,10)/b23-13+;/t10?,14-,18-;/m1./s1. The summed E-state index contributed by atoms with van der Waals surface area (Å²) >= 11 is 1.21. The van der Waals surface area contributed by atoms with Crippen molar-refractivity contribution in [2.75, 3.05) is 26.0 Å². The number of carboxylic acid groups (broad SMARTS) is 1. The van der Waals surface area contributed by atoms with Gasteiger partial charge in [0, 0.05) is 25.2 Å². The van der Waals surface area contributed by atoms with E-state index in [1.54, 1.807) is 6.07 Å². The first kappa shape index (κ1) is 36.6. The number of unbranched alkanes of at least 4 members (excludes halogenated alkanes) is 1. The predicted octanol–water partition coefficient (Wildman–Crippen LogP) is -0.641. The number of hydrogen-bond donors (Lipinski definition) is 5. The highest BCUT2D eigenvalue weighted by atomic mass is 32.2. The molecular formula is C26H36N6O12S. The summed E-state index contributed by atoms with van der Waals surface area (Å²) in [7, 11) is 1.25. The quantitative estimate of drug-likeness (QED) is 0.0416. The molecule has 248 valence electrons. The minimum atomic E-state index is -1.24. The average Bonchev–Trinajstić information content (AvgIpc) is 3.51. The van der Waals surface area contributed by atoms with Gasteiger partial charge in [0.05, 0.1) is 6.26 Å². The normalized spacial score (nSPS) is 18.6. The molecule has 1 aromatic heterocycles. The third-order valence-corrected chi connectivity index (χ3v) is 7.30. The van der Waals surface area contributed by atoms with Crippen molar-refractivity contribution in [2.24, 2.45) is 22.4 Å². The van der Waals surface area contributed by atoms with Crippen molar-refractivity contribution < 1.29 is 57.3 Å². The number of nitrogens with two attached hydrogens (primary N) is 3. The molecule has 0 bridgehead atoms. The number of carbonyl (C=O) groups excluding carboxylic acids is 5. The fourth-order valence-corrected chi connectivity index (χ4v) is 5.28. The van der Waals surface area contributed by atoms with E-state index in [0.717, 1.165) is 24.7 Å². The Hall–Kier alpha value is -4.62. The molecule has 1 saturated heterocycles. The Balaban J connectivity index is 0.000000607. The zero-order valence-corrected chi connectivity index (χ0v) is 25.6. The van der Waals surface area contributed by atoms with Gasteiger partial charge < -0.3 is 51.1 Å². The van der Waals surface area contributed by atoms with Crippen LogP contribution in [0.5, 0.6) is 0 Å². The van der Waals surface area contributed by atoms with Gasteiger partial charge in [-0.05, 0) is 31.5 Å². The highest BCUT2D eigenvalue weighted by molar-refractivity contribution is 8.00. The van der Waals surface area contributed by atoms with E-state index in [0.29, 0.717) is 13.0 Å². The lowest BCUT2D eigenvalue weighted by atomic mass is 10.0. The Bertz CT molecular complexity index is 1300. The second-order valence-electron chi connectivity index (χ2n) is 9.33. The van der Waals surface area contributed by atoms with Crippen LogP contribution in [0.3, 0.4) is 0 Å². The second-order valence-corrected chi connectivity index (χ2v) is 10.4. The van der Waals surface area contributed by atoms with Crippen molar-refractivity contribution >= 4 is 53.3 Å². The summed E-state index contributed by atoms with van der Waals surface area (Å²) in [4.78, 5) is 76.8. The van der Waals surface area contributed by atoms with Gasteiger partial charge in [0.1, 0.15) is 36.9 Å². The Kier molecular flexibility index (Phi) is 14.3. The van der Waals surface area contributed by atoms with E-state index in [-0.39, 0.29) is 35.1 Å². The molecule has 2 aliphatic heterocycles. The van der Waals surface area contributed by atoms with Gasteiger partial charge in [0.25, 0.3) is 11.8 Å². The number of amides is 3. The van der Waals surface area contributed by atoms with Crippen molar-refractivity contribution in [2.45, 2.75) is 56.9 Å². The topological polar surface area (TPSA) is 278 Å². The number of fused-ring (bicyclic) bond motifs is 1. The number of hydrogen-bond acceptors (Lipinski definition) is 15. The second kappa shape index (κ2) is 17.6. The summed E-state index contributed by atoms with van der Waals surface area (Å²) in [5.74, 6) is -3.69. The number of rotatable bonds is 14. The number of ether oxygens (including phenoxy) is 3. The Morgan fingerprint density at radius 1 is 1.24 bits per heavy atom. The molecule has 8 N–H and O–H groups in total. The van der Waals surface area contributed by atoms with E-state index in [1.807, 2.05) is 0 Å². The number of carbonyl (C=O) groups is 6. The molecule has 3 heterocycles. The monoisotopic (exact) mass is 656 g/mol. The number of carboxylic acids is 1. The molecule has 0 aliphatic carbocycles. The lowest BCUT2D eigenvalue weighted by molar-refractivity contribution is -0.182. The lowest BCUT2D eigenvalue weighted by Gasteiger charge is -2.49. The largest absolute Gasteiger partial charge is 0.480 e. The number of nitrogens with one attached hydrogen (secondary N) is 1. The first-order valence-electron chi connectivity index (χ1n) is 13.4. The van der Waals surface area contributed by atoms with E-state index in [4.69, 9.17) is 45.8 Å².